The van der Waals surface area contributed by atoms with E-state index in [1.54, 1.807) is 11.1 Å². The highest BCUT2D eigenvalue weighted by Crippen LogP contribution is 2.69. The van der Waals surface area contributed by atoms with Gasteiger partial charge >= 0.3 is 0 Å². The fourth-order valence-electron chi connectivity index (χ4n) is 13.9. The Morgan fingerprint density at radius 1 is 0.441 bits per heavy atom. The second kappa shape index (κ2) is 12.5. The van der Waals surface area contributed by atoms with Gasteiger partial charge < -0.3 is 4.90 Å². The molecule has 1 aliphatic heterocycles. The number of benzene rings is 6. The molecule has 4 saturated carbocycles. The molecular weight excluding hydrogens is 731 g/mol. The molecule has 0 amide bonds. The van der Waals surface area contributed by atoms with Crippen LogP contribution in [0.4, 0.5) is 17.1 Å². The van der Waals surface area contributed by atoms with Crippen molar-refractivity contribution in [2.75, 3.05) is 4.90 Å². The molecule has 6 aliphatic carbocycles. The van der Waals surface area contributed by atoms with E-state index in [9.17, 15) is 0 Å². The van der Waals surface area contributed by atoms with E-state index in [0.29, 0.717) is 0 Å². The maximum absolute atomic E-state index is 2.57. The molecule has 2 heteroatoms. The third-order valence-corrected chi connectivity index (χ3v) is 17.9. The second-order valence-electron chi connectivity index (χ2n) is 21.3. The molecule has 7 aliphatic rings. The van der Waals surface area contributed by atoms with Gasteiger partial charge in [-0.2, -0.15) is 0 Å². The minimum Gasteiger partial charge on any atom is -0.310 e. The van der Waals surface area contributed by atoms with Crippen molar-refractivity contribution in [3.8, 4) is 22.3 Å². The Morgan fingerprint density at radius 2 is 0.983 bits per heavy atom. The van der Waals surface area contributed by atoms with Crippen LogP contribution in [0.5, 0.6) is 0 Å². The van der Waals surface area contributed by atoms with E-state index in [2.05, 4.69) is 174 Å². The van der Waals surface area contributed by atoms with Crippen LogP contribution < -0.4 is 4.90 Å². The number of fused-ring (bicyclic) bond motifs is 6. The molecule has 0 unspecified atom stereocenters. The van der Waals surface area contributed by atoms with Crippen LogP contribution in [-0.2, 0) is 21.7 Å². The molecule has 0 N–H and O–H groups in total. The summed E-state index contributed by atoms with van der Waals surface area (Å²) < 4.78 is 0. The average Bonchev–Trinajstić information content (AvgIpc) is 3.46. The van der Waals surface area contributed by atoms with Crippen molar-refractivity contribution in [2.45, 2.75) is 118 Å². The Hall–Kier alpha value is -4.53. The summed E-state index contributed by atoms with van der Waals surface area (Å²) in [5.41, 5.74) is 18.5. The van der Waals surface area contributed by atoms with Crippen molar-refractivity contribution in [1.29, 1.82) is 0 Å². The van der Waals surface area contributed by atoms with Crippen LogP contribution in [0.15, 0.2) is 137 Å². The summed E-state index contributed by atoms with van der Waals surface area (Å²) in [6, 6.07) is 50.1. The van der Waals surface area contributed by atoms with E-state index in [0.717, 1.165) is 23.7 Å². The van der Waals surface area contributed by atoms with Gasteiger partial charge in [0.25, 0.3) is 0 Å². The maximum atomic E-state index is 2.57. The van der Waals surface area contributed by atoms with Crippen molar-refractivity contribution in [2.24, 2.45) is 23.7 Å². The van der Waals surface area contributed by atoms with Gasteiger partial charge in [-0.15, -0.1) is 0 Å². The lowest BCUT2D eigenvalue weighted by atomic mass is 9.42. The number of anilines is 3. The van der Waals surface area contributed by atoms with E-state index in [-0.39, 0.29) is 21.7 Å². The summed E-state index contributed by atoms with van der Waals surface area (Å²) in [6.07, 6.45) is 9.57. The normalized spacial score (nSPS) is 26.7. The molecule has 6 aromatic rings. The lowest BCUT2D eigenvalue weighted by molar-refractivity contribution is -0.0443. The van der Waals surface area contributed by atoms with Gasteiger partial charge in [-0.1, -0.05) is 132 Å². The fraction of sp³-hybridized carbons (Fsp3) is 0.368. The molecule has 1 heterocycles. The Morgan fingerprint density at radius 3 is 1.71 bits per heavy atom. The van der Waals surface area contributed by atoms with Crippen molar-refractivity contribution >= 4 is 28.8 Å². The van der Waals surface area contributed by atoms with Crippen LogP contribution in [0.25, 0.3) is 22.3 Å². The highest BCUT2D eigenvalue weighted by Gasteiger charge is 2.60. The predicted octanol–water partition coefficient (Wildman–Crippen LogP) is 15.7. The summed E-state index contributed by atoms with van der Waals surface area (Å²) in [5, 5.41) is 0. The Kier molecular flexibility index (Phi) is 7.70. The summed E-state index contributed by atoms with van der Waals surface area (Å²) in [7, 11) is 0. The van der Waals surface area contributed by atoms with Gasteiger partial charge in [-0.3, -0.25) is 0 Å². The standard InChI is InChI=1S/C57H57NS/c1-54(2)25-26-55(3,4)51-34-43(21-24-47(51)54)58(42-20-22-45-44-11-7-8-12-46(44)56(5,6)50(45)33-42)41-18-15-37(16-19-41)38-17-23-49-53(32-38)59-52-14-10-9-13-48(52)57(49)39-28-35-27-36(30-39)31-40(57)29-35/h7-24,32-36,39-40H,25-31H2,1-6H3. The first kappa shape index (κ1) is 36.3. The van der Waals surface area contributed by atoms with Crippen molar-refractivity contribution < 1.29 is 0 Å². The van der Waals surface area contributed by atoms with E-state index in [1.165, 1.54) is 116 Å². The van der Waals surface area contributed by atoms with Crippen LogP contribution in [0.3, 0.4) is 0 Å². The Labute approximate surface area is 356 Å². The highest BCUT2D eigenvalue weighted by atomic mass is 32.2. The van der Waals surface area contributed by atoms with Crippen LogP contribution in [0.1, 0.15) is 120 Å². The van der Waals surface area contributed by atoms with Gasteiger partial charge in [0.15, 0.2) is 0 Å². The third kappa shape index (κ3) is 5.17. The van der Waals surface area contributed by atoms with Gasteiger partial charge in [-0.05, 0) is 184 Å². The lowest BCUT2D eigenvalue weighted by Gasteiger charge is -2.63. The summed E-state index contributed by atoms with van der Waals surface area (Å²) in [5.74, 6) is 3.44. The first-order chi connectivity index (χ1) is 28.4. The molecule has 4 bridgehead atoms. The van der Waals surface area contributed by atoms with Crippen LogP contribution in [0.2, 0.25) is 0 Å². The summed E-state index contributed by atoms with van der Waals surface area (Å²) >= 11 is 2.02. The first-order valence-corrected chi connectivity index (χ1v) is 23.5. The van der Waals surface area contributed by atoms with E-state index in [4.69, 9.17) is 0 Å². The van der Waals surface area contributed by atoms with Gasteiger partial charge in [-0.25, -0.2) is 0 Å². The molecule has 1 spiro atoms. The van der Waals surface area contributed by atoms with Crippen molar-refractivity contribution in [1.82, 2.24) is 0 Å². The Balaban J connectivity index is 0.959. The topological polar surface area (TPSA) is 3.24 Å². The average molecular weight is 788 g/mol. The molecule has 59 heavy (non-hydrogen) atoms. The molecule has 0 radical (unpaired) electrons. The molecule has 296 valence electrons. The molecule has 0 aromatic heterocycles. The molecule has 4 fully saturated rings. The zero-order valence-corrected chi connectivity index (χ0v) is 36.6. The van der Waals surface area contributed by atoms with Gasteiger partial charge in [0.2, 0.25) is 0 Å². The predicted molar refractivity (Wildman–Crippen MR) is 248 cm³/mol. The van der Waals surface area contributed by atoms with Crippen LogP contribution >= 0.6 is 11.8 Å². The molecule has 0 saturated heterocycles. The number of rotatable bonds is 4. The second-order valence-corrected chi connectivity index (χ2v) is 22.3. The van der Waals surface area contributed by atoms with Crippen molar-refractivity contribution in [3.05, 3.63) is 161 Å². The molecule has 0 atom stereocenters. The minimum atomic E-state index is -0.0699. The monoisotopic (exact) mass is 787 g/mol. The summed E-state index contributed by atoms with van der Waals surface area (Å²) in [6.45, 7) is 14.5. The van der Waals surface area contributed by atoms with E-state index < -0.39 is 0 Å². The fourth-order valence-corrected chi connectivity index (χ4v) is 15.2. The van der Waals surface area contributed by atoms with Gasteiger partial charge in [0.05, 0.1) is 0 Å². The molecular formula is C57H57NS. The zero-order chi connectivity index (χ0) is 40.1. The minimum absolute atomic E-state index is 0.0699. The largest absolute Gasteiger partial charge is 0.310 e. The smallest absolute Gasteiger partial charge is 0.0465 e. The first-order valence-electron chi connectivity index (χ1n) is 22.6. The number of hydrogen-bond acceptors (Lipinski definition) is 2. The van der Waals surface area contributed by atoms with E-state index in [1.807, 2.05) is 11.8 Å². The van der Waals surface area contributed by atoms with Gasteiger partial charge in [0, 0.05) is 37.7 Å². The number of nitrogens with zero attached hydrogens (tertiary/aromatic N) is 1. The molecule has 1 nitrogen and oxygen atoms in total. The highest BCUT2D eigenvalue weighted by molar-refractivity contribution is 7.99. The lowest BCUT2D eigenvalue weighted by Crippen LogP contribution is -2.57. The van der Waals surface area contributed by atoms with E-state index >= 15 is 0 Å². The molecule has 6 aromatic carbocycles. The number of hydrogen-bond donors (Lipinski definition) is 0. The maximum Gasteiger partial charge on any atom is 0.0465 e. The van der Waals surface area contributed by atoms with Gasteiger partial charge in [0.1, 0.15) is 0 Å². The molecule has 13 rings (SSSR count). The summed E-state index contributed by atoms with van der Waals surface area (Å²) in [4.78, 5) is 5.50. The Bertz CT molecular complexity index is 2660. The SMILES string of the molecule is CC1(C)CCC(C)(C)c2cc(N(c3ccc(-c4ccc5c(c4)Sc4ccccc4C54C5CC6CC(C5)CC4C6)cc3)c3ccc4c(c3)C(C)(C)c3ccccc3-4)ccc21. The van der Waals surface area contributed by atoms with Crippen molar-refractivity contribution in [3.63, 3.8) is 0 Å². The quantitative estimate of drug-likeness (QED) is 0.175. The van der Waals surface area contributed by atoms with Crippen LogP contribution in [-0.4, -0.2) is 0 Å². The third-order valence-electron chi connectivity index (χ3n) is 16.8. The van der Waals surface area contributed by atoms with Crippen LogP contribution in [0, 0.1) is 23.7 Å². The zero-order valence-electron chi connectivity index (χ0n) is 35.7.